The molecule has 0 aromatic heterocycles. The maximum Gasteiger partial charge on any atom is 0.142 e. The van der Waals surface area contributed by atoms with Gasteiger partial charge in [0.2, 0.25) is 0 Å². The molecule has 0 aliphatic rings. The summed E-state index contributed by atoms with van der Waals surface area (Å²) in [5, 5.41) is 9.83. The minimum atomic E-state index is 0.383. The summed E-state index contributed by atoms with van der Waals surface area (Å²) in [7, 11) is 3.72. The monoisotopic (exact) mass is 271 g/mol. The maximum absolute atomic E-state index is 9.83. The number of aryl methyl sites for hydroxylation is 2. The second-order valence-electron chi connectivity index (χ2n) is 5.11. The molecule has 0 fully saturated rings. The fourth-order valence-corrected chi connectivity index (χ4v) is 2.44. The minimum absolute atomic E-state index is 0.383. The van der Waals surface area contributed by atoms with Crippen LogP contribution in [0.5, 0.6) is 11.5 Å². The first-order chi connectivity index (χ1) is 9.52. The van der Waals surface area contributed by atoms with E-state index in [1.807, 2.05) is 57.3 Å². The predicted molar refractivity (Wildman–Crippen MR) is 82.7 cm³/mol. The zero-order valence-electron chi connectivity index (χ0n) is 12.5. The molecule has 0 spiro atoms. The van der Waals surface area contributed by atoms with Gasteiger partial charge in [-0.1, -0.05) is 24.3 Å². The lowest BCUT2D eigenvalue weighted by atomic mass is 10.1. The average Bonchev–Trinajstić information content (AvgIpc) is 2.44. The normalized spacial score (nSPS) is 10.4. The van der Waals surface area contributed by atoms with Crippen molar-refractivity contribution in [2.45, 2.75) is 20.4 Å². The Kier molecular flexibility index (Phi) is 4.18. The molecule has 106 valence electrons. The second kappa shape index (κ2) is 5.87. The topological polar surface area (TPSA) is 32.7 Å². The number of methoxy groups -OCH3 is 1. The van der Waals surface area contributed by atoms with E-state index >= 15 is 0 Å². The highest BCUT2D eigenvalue weighted by Gasteiger charge is 2.09. The van der Waals surface area contributed by atoms with Gasteiger partial charge in [-0.05, 0) is 42.7 Å². The zero-order chi connectivity index (χ0) is 14.7. The van der Waals surface area contributed by atoms with Gasteiger partial charge in [0.1, 0.15) is 11.5 Å². The van der Waals surface area contributed by atoms with Crippen LogP contribution in [0, 0.1) is 13.8 Å². The molecule has 0 saturated carbocycles. The first kappa shape index (κ1) is 14.3. The standard InChI is InChI=1S/C17H21NO2/c1-12-9-14(10-13(2)17(12)19)11-18(3)15-7-5-6-8-16(15)20-4/h5-10,19H,11H2,1-4H3. The van der Waals surface area contributed by atoms with E-state index in [0.717, 1.165) is 29.1 Å². The molecule has 3 nitrogen and oxygen atoms in total. The Morgan fingerprint density at radius 2 is 1.70 bits per heavy atom. The van der Waals surface area contributed by atoms with Crippen molar-refractivity contribution in [2.75, 3.05) is 19.1 Å². The first-order valence-corrected chi connectivity index (χ1v) is 6.66. The number of aromatic hydroxyl groups is 1. The third-order valence-corrected chi connectivity index (χ3v) is 3.47. The third kappa shape index (κ3) is 2.87. The summed E-state index contributed by atoms with van der Waals surface area (Å²) in [4.78, 5) is 2.14. The van der Waals surface area contributed by atoms with Crippen LogP contribution in [0.4, 0.5) is 5.69 Å². The number of nitrogens with zero attached hydrogens (tertiary/aromatic N) is 1. The quantitative estimate of drug-likeness (QED) is 0.921. The summed E-state index contributed by atoms with van der Waals surface area (Å²) in [6.07, 6.45) is 0. The fourth-order valence-electron chi connectivity index (χ4n) is 2.44. The van der Waals surface area contributed by atoms with Gasteiger partial charge in [0.15, 0.2) is 0 Å². The van der Waals surface area contributed by atoms with Crippen molar-refractivity contribution in [1.82, 2.24) is 0 Å². The predicted octanol–water partition coefficient (Wildman–Crippen LogP) is 3.65. The van der Waals surface area contributed by atoms with E-state index in [-0.39, 0.29) is 0 Å². The second-order valence-corrected chi connectivity index (χ2v) is 5.11. The van der Waals surface area contributed by atoms with Gasteiger partial charge in [-0.3, -0.25) is 0 Å². The van der Waals surface area contributed by atoms with Crippen molar-refractivity contribution in [3.63, 3.8) is 0 Å². The molecule has 0 atom stereocenters. The van der Waals surface area contributed by atoms with E-state index in [0.29, 0.717) is 5.75 Å². The number of para-hydroxylation sites is 2. The highest BCUT2D eigenvalue weighted by molar-refractivity contribution is 5.58. The lowest BCUT2D eigenvalue weighted by Crippen LogP contribution is -2.17. The highest BCUT2D eigenvalue weighted by Crippen LogP contribution is 2.29. The van der Waals surface area contributed by atoms with E-state index in [1.165, 1.54) is 5.56 Å². The van der Waals surface area contributed by atoms with Crippen LogP contribution in [0.3, 0.4) is 0 Å². The van der Waals surface area contributed by atoms with Crippen LogP contribution in [0.25, 0.3) is 0 Å². The molecular formula is C17H21NO2. The summed E-state index contributed by atoms with van der Waals surface area (Å²) in [6.45, 7) is 4.62. The van der Waals surface area contributed by atoms with Gasteiger partial charge in [-0.25, -0.2) is 0 Å². The summed E-state index contributed by atoms with van der Waals surface area (Å²) >= 11 is 0. The molecule has 0 amide bonds. The Morgan fingerprint density at radius 1 is 1.10 bits per heavy atom. The van der Waals surface area contributed by atoms with E-state index < -0.39 is 0 Å². The molecule has 0 unspecified atom stereocenters. The summed E-state index contributed by atoms with van der Waals surface area (Å²) < 4.78 is 5.39. The lowest BCUT2D eigenvalue weighted by Gasteiger charge is -2.22. The van der Waals surface area contributed by atoms with Gasteiger partial charge in [0.25, 0.3) is 0 Å². The van der Waals surface area contributed by atoms with Crippen LogP contribution in [-0.4, -0.2) is 19.3 Å². The Bertz CT molecular complexity index is 585. The van der Waals surface area contributed by atoms with Gasteiger partial charge >= 0.3 is 0 Å². The van der Waals surface area contributed by atoms with E-state index in [1.54, 1.807) is 7.11 Å². The molecule has 20 heavy (non-hydrogen) atoms. The Morgan fingerprint density at radius 3 is 2.30 bits per heavy atom. The van der Waals surface area contributed by atoms with Crippen LogP contribution >= 0.6 is 0 Å². The fraction of sp³-hybridized carbons (Fsp3) is 0.294. The van der Waals surface area contributed by atoms with E-state index in [4.69, 9.17) is 4.74 Å². The van der Waals surface area contributed by atoms with Crippen molar-refractivity contribution < 1.29 is 9.84 Å². The van der Waals surface area contributed by atoms with Gasteiger partial charge in [0.05, 0.1) is 12.8 Å². The van der Waals surface area contributed by atoms with Gasteiger partial charge in [0, 0.05) is 13.6 Å². The van der Waals surface area contributed by atoms with Crippen molar-refractivity contribution in [2.24, 2.45) is 0 Å². The summed E-state index contributed by atoms with van der Waals surface area (Å²) in [5.41, 5.74) is 4.05. The lowest BCUT2D eigenvalue weighted by molar-refractivity contribution is 0.415. The highest BCUT2D eigenvalue weighted by atomic mass is 16.5. The summed E-state index contributed by atoms with van der Waals surface area (Å²) in [6, 6.07) is 12.0. The molecule has 0 radical (unpaired) electrons. The molecule has 1 N–H and O–H groups in total. The van der Waals surface area contributed by atoms with Crippen LogP contribution < -0.4 is 9.64 Å². The van der Waals surface area contributed by atoms with Gasteiger partial charge in [-0.2, -0.15) is 0 Å². The van der Waals surface area contributed by atoms with Gasteiger partial charge in [-0.15, -0.1) is 0 Å². The average molecular weight is 271 g/mol. The van der Waals surface area contributed by atoms with Gasteiger partial charge < -0.3 is 14.7 Å². The first-order valence-electron chi connectivity index (χ1n) is 6.66. The zero-order valence-corrected chi connectivity index (χ0v) is 12.5. The Labute approximate surface area is 120 Å². The molecular weight excluding hydrogens is 250 g/mol. The van der Waals surface area contributed by atoms with Crippen LogP contribution in [-0.2, 0) is 6.54 Å². The van der Waals surface area contributed by atoms with Crippen molar-refractivity contribution in [3.05, 3.63) is 53.1 Å². The van der Waals surface area contributed by atoms with E-state index in [9.17, 15) is 5.11 Å². The van der Waals surface area contributed by atoms with E-state index in [2.05, 4.69) is 4.90 Å². The number of hydrogen-bond donors (Lipinski definition) is 1. The number of phenolic OH excluding ortho intramolecular Hbond substituents is 1. The number of phenols is 1. The number of anilines is 1. The molecule has 0 bridgehead atoms. The number of rotatable bonds is 4. The third-order valence-electron chi connectivity index (χ3n) is 3.47. The molecule has 2 rings (SSSR count). The molecule has 0 aliphatic carbocycles. The maximum atomic E-state index is 9.83. The number of benzene rings is 2. The minimum Gasteiger partial charge on any atom is -0.507 e. The van der Waals surface area contributed by atoms with Crippen LogP contribution in [0.1, 0.15) is 16.7 Å². The Hall–Kier alpha value is -2.16. The molecule has 0 saturated heterocycles. The van der Waals surface area contributed by atoms with Crippen molar-refractivity contribution in [1.29, 1.82) is 0 Å². The Balaban J connectivity index is 2.25. The van der Waals surface area contributed by atoms with Crippen molar-refractivity contribution >= 4 is 5.69 Å². The summed E-state index contributed by atoms with van der Waals surface area (Å²) in [5.74, 6) is 1.25. The molecule has 2 aromatic rings. The molecule has 3 heteroatoms. The molecule has 0 heterocycles. The van der Waals surface area contributed by atoms with Crippen molar-refractivity contribution in [3.8, 4) is 11.5 Å². The SMILES string of the molecule is COc1ccccc1N(C)Cc1cc(C)c(O)c(C)c1. The van der Waals surface area contributed by atoms with Crippen LogP contribution in [0.15, 0.2) is 36.4 Å². The molecule has 2 aromatic carbocycles. The molecule has 0 aliphatic heterocycles. The smallest absolute Gasteiger partial charge is 0.142 e. The number of ether oxygens (including phenoxy) is 1. The largest absolute Gasteiger partial charge is 0.507 e. The number of hydrogen-bond acceptors (Lipinski definition) is 3. The van der Waals surface area contributed by atoms with Crippen LogP contribution in [0.2, 0.25) is 0 Å².